The van der Waals surface area contributed by atoms with Crippen LogP contribution >= 0.6 is 35.7 Å². The van der Waals surface area contributed by atoms with Gasteiger partial charge in [-0.15, -0.1) is 24.0 Å². The number of rotatable bonds is 6. The number of hydrogen-bond donors (Lipinski definition) is 3. The smallest absolute Gasteiger partial charge is 0.221 e. The van der Waals surface area contributed by atoms with E-state index < -0.39 is 0 Å². The molecular weight excluding hydrogens is 387 g/mol. The van der Waals surface area contributed by atoms with E-state index in [0.717, 1.165) is 12.5 Å². The Labute approximate surface area is 143 Å². The third-order valence-corrected chi connectivity index (χ3v) is 4.24. The van der Waals surface area contributed by atoms with Crippen molar-refractivity contribution in [2.75, 3.05) is 25.9 Å². The molecule has 1 rings (SSSR count). The van der Waals surface area contributed by atoms with Gasteiger partial charge in [0.15, 0.2) is 5.96 Å². The summed E-state index contributed by atoms with van der Waals surface area (Å²) in [7, 11) is 1.76. The molecule has 118 valence electrons. The van der Waals surface area contributed by atoms with Crippen molar-refractivity contribution in [1.82, 2.24) is 16.0 Å². The number of halogens is 1. The van der Waals surface area contributed by atoms with Crippen molar-refractivity contribution in [3.63, 3.8) is 0 Å². The lowest BCUT2D eigenvalue weighted by molar-refractivity contribution is -0.121. The van der Waals surface area contributed by atoms with Crippen molar-refractivity contribution in [3.05, 3.63) is 0 Å². The third-order valence-electron chi connectivity index (χ3n) is 2.84. The second-order valence-corrected chi connectivity index (χ2v) is 6.40. The number of nitrogens with zero attached hydrogens (tertiary/aromatic N) is 1. The normalized spacial score (nSPS) is 18.6. The summed E-state index contributed by atoms with van der Waals surface area (Å²) in [5, 5.41) is 10.0. The van der Waals surface area contributed by atoms with E-state index in [2.05, 4.69) is 20.9 Å². The molecule has 0 aliphatic carbocycles. The van der Waals surface area contributed by atoms with Crippen LogP contribution in [0.25, 0.3) is 0 Å². The van der Waals surface area contributed by atoms with Crippen molar-refractivity contribution in [3.8, 4) is 0 Å². The first-order valence-corrected chi connectivity index (χ1v) is 8.02. The maximum absolute atomic E-state index is 11.5. The molecule has 1 amide bonds. The number of nitrogens with one attached hydrogen (secondary N) is 3. The Morgan fingerprint density at radius 1 is 1.40 bits per heavy atom. The van der Waals surface area contributed by atoms with Gasteiger partial charge in [0.2, 0.25) is 5.91 Å². The fraction of sp³-hybridized carbons (Fsp3) is 0.846. The molecule has 0 aromatic heterocycles. The predicted octanol–water partition coefficient (Wildman–Crippen LogP) is 1.58. The van der Waals surface area contributed by atoms with Crippen LogP contribution in [-0.2, 0) is 4.79 Å². The van der Waals surface area contributed by atoms with Gasteiger partial charge in [0.1, 0.15) is 0 Å². The van der Waals surface area contributed by atoms with Crippen molar-refractivity contribution in [2.24, 2.45) is 4.99 Å². The van der Waals surface area contributed by atoms with Crippen LogP contribution in [0.2, 0.25) is 0 Å². The minimum atomic E-state index is 0. The number of carbonyl (C=O) groups excluding carboxylic acids is 1. The molecule has 1 atom stereocenters. The van der Waals surface area contributed by atoms with Crippen molar-refractivity contribution in [1.29, 1.82) is 0 Å². The van der Waals surface area contributed by atoms with Crippen LogP contribution < -0.4 is 16.0 Å². The monoisotopic (exact) mass is 414 g/mol. The van der Waals surface area contributed by atoms with E-state index in [1.807, 2.05) is 25.6 Å². The highest BCUT2D eigenvalue weighted by Gasteiger charge is 2.15. The van der Waals surface area contributed by atoms with Gasteiger partial charge in [-0.2, -0.15) is 11.8 Å². The molecule has 0 spiro atoms. The summed E-state index contributed by atoms with van der Waals surface area (Å²) in [5.74, 6) is 2.13. The number of thioether (sulfide) groups is 1. The number of guanidine groups is 1. The summed E-state index contributed by atoms with van der Waals surface area (Å²) in [6, 6.07) is 0.198. The maximum atomic E-state index is 11.5. The number of aliphatic imine (C=N–C) groups is 1. The van der Waals surface area contributed by atoms with Crippen molar-refractivity contribution < 1.29 is 4.79 Å². The first-order valence-electron chi connectivity index (χ1n) is 6.97. The summed E-state index contributed by atoms with van der Waals surface area (Å²) >= 11 is 2.02. The van der Waals surface area contributed by atoms with Gasteiger partial charge in [0, 0.05) is 37.8 Å². The Morgan fingerprint density at radius 2 is 2.15 bits per heavy atom. The van der Waals surface area contributed by atoms with E-state index in [4.69, 9.17) is 0 Å². The molecule has 7 heteroatoms. The Hall–Kier alpha value is -0.180. The minimum Gasteiger partial charge on any atom is -0.356 e. The summed E-state index contributed by atoms with van der Waals surface area (Å²) in [4.78, 5) is 15.6. The molecule has 1 fully saturated rings. The van der Waals surface area contributed by atoms with Crippen LogP contribution in [0, 0.1) is 0 Å². The van der Waals surface area contributed by atoms with E-state index in [9.17, 15) is 4.79 Å². The average molecular weight is 414 g/mol. The molecule has 1 heterocycles. The van der Waals surface area contributed by atoms with Crippen LogP contribution in [0.1, 0.15) is 33.1 Å². The third kappa shape index (κ3) is 8.89. The number of amides is 1. The highest BCUT2D eigenvalue weighted by Crippen LogP contribution is 2.25. The quantitative estimate of drug-likeness (QED) is 0.351. The Balaban J connectivity index is 0.00000361. The van der Waals surface area contributed by atoms with Gasteiger partial charge in [0.05, 0.1) is 0 Å². The number of hydrogen-bond acceptors (Lipinski definition) is 3. The molecule has 1 unspecified atom stereocenters. The summed E-state index contributed by atoms with van der Waals surface area (Å²) in [6.07, 6.45) is 3.07. The van der Waals surface area contributed by atoms with Gasteiger partial charge in [-0.05, 0) is 32.4 Å². The highest BCUT2D eigenvalue weighted by atomic mass is 127. The number of carbonyl (C=O) groups is 1. The van der Waals surface area contributed by atoms with E-state index in [0.29, 0.717) is 18.2 Å². The highest BCUT2D eigenvalue weighted by molar-refractivity contribution is 14.0. The summed E-state index contributed by atoms with van der Waals surface area (Å²) in [6.45, 7) is 5.48. The van der Waals surface area contributed by atoms with Gasteiger partial charge in [-0.25, -0.2) is 0 Å². The first kappa shape index (κ1) is 19.8. The standard InChI is InChI=1S/C13H26N4OS.HI/c1-10(2)17-12(18)6-7-15-13(14-3)16-9-11-5-4-8-19-11;/h10-11H,4-9H2,1-3H3,(H,17,18)(H2,14,15,16);1H. The molecule has 0 aromatic rings. The second kappa shape index (κ2) is 11.5. The Kier molecular flexibility index (Phi) is 11.4. The average Bonchev–Trinajstić information content (AvgIpc) is 2.85. The van der Waals surface area contributed by atoms with E-state index >= 15 is 0 Å². The van der Waals surface area contributed by atoms with Gasteiger partial charge in [-0.1, -0.05) is 0 Å². The van der Waals surface area contributed by atoms with Crippen molar-refractivity contribution >= 4 is 47.6 Å². The fourth-order valence-electron chi connectivity index (χ4n) is 1.93. The molecular formula is C13H27IN4OS. The molecule has 3 N–H and O–H groups in total. The molecule has 0 bridgehead atoms. The van der Waals surface area contributed by atoms with Gasteiger partial charge in [-0.3, -0.25) is 9.79 Å². The topological polar surface area (TPSA) is 65.5 Å². The van der Waals surface area contributed by atoms with Gasteiger partial charge in [0.25, 0.3) is 0 Å². The largest absolute Gasteiger partial charge is 0.356 e. The van der Waals surface area contributed by atoms with Crippen LogP contribution in [0.4, 0.5) is 0 Å². The Bertz CT molecular complexity index is 307. The summed E-state index contributed by atoms with van der Waals surface area (Å²) < 4.78 is 0. The van der Waals surface area contributed by atoms with E-state index in [1.54, 1.807) is 7.05 Å². The van der Waals surface area contributed by atoms with Crippen LogP contribution in [-0.4, -0.2) is 49.0 Å². The molecule has 1 aliphatic heterocycles. The van der Waals surface area contributed by atoms with Crippen LogP contribution in [0.5, 0.6) is 0 Å². The lowest BCUT2D eigenvalue weighted by Gasteiger charge is -2.15. The first-order chi connectivity index (χ1) is 9.11. The van der Waals surface area contributed by atoms with E-state index in [1.165, 1.54) is 18.6 Å². The van der Waals surface area contributed by atoms with Gasteiger partial charge < -0.3 is 16.0 Å². The minimum absolute atomic E-state index is 0. The zero-order chi connectivity index (χ0) is 14.1. The van der Waals surface area contributed by atoms with Crippen molar-refractivity contribution in [2.45, 2.75) is 44.4 Å². The summed E-state index contributed by atoms with van der Waals surface area (Å²) in [5.41, 5.74) is 0. The molecule has 0 aromatic carbocycles. The fourth-order valence-corrected chi connectivity index (χ4v) is 3.13. The van der Waals surface area contributed by atoms with Crippen LogP contribution in [0.3, 0.4) is 0 Å². The SMILES string of the molecule is CN=C(NCCC(=O)NC(C)C)NCC1CCCS1.I. The molecule has 1 saturated heterocycles. The molecule has 5 nitrogen and oxygen atoms in total. The zero-order valence-corrected chi connectivity index (χ0v) is 15.7. The molecule has 1 aliphatic rings. The molecule has 20 heavy (non-hydrogen) atoms. The second-order valence-electron chi connectivity index (χ2n) is 4.99. The van der Waals surface area contributed by atoms with Gasteiger partial charge >= 0.3 is 0 Å². The Morgan fingerprint density at radius 3 is 2.70 bits per heavy atom. The lowest BCUT2D eigenvalue weighted by Crippen LogP contribution is -2.42. The van der Waals surface area contributed by atoms with E-state index in [-0.39, 0.29) is 35.9 Å². The van der Waals surface area contributed by atoms with Crippen LogP contribution in [0.15, 0.2) is 4.99 Å². The lowest BCUT2D eigenvalue weighted by atomic mass is 10.2. The predicted molar refractivity (Wildman–Crippen MR) is 98.2 cm³/mol. The molecule has 0 radical (unpaired) electrons. The molecule has 0 saturated carbocycles. The maximum Gasteiger partial charge on any atom is 0.221 e. The zero-order valence-electron chi connectivity index (χ0n) is 12.6.